The predicted octanol–water partition coefficient (Wildman–Crippen LogP) is -2.36. The molecule has 5 N–H and O–H groups in total. The van der Waals surface area contributed by atoms with Crippen LogP contribution in [0.1, 0.15) is 7.12 Å². The Kier molecular flexibility index (Phi) is 8.19. The second kappa shape index (κ2) is 10.00. The van der Waals surface area contributed by atoms with Crippen molar-refractivity contribution in [3.63, 3.8) is 0 Å². The van der Waals surface area contributed by atoms with Crippen molar-refractivity contribution in [1.82, 2.24) is 15.2 Å². The minimum Gasteiger partial charge on any atom is -1.00 e. The van der Waals surface area contributed by atoms with Gasteiger partial charge in [-0.05, 0) is 0 Å². The van der Waals surface area contributed by atoms with Crippen LogP contribution in [0.5, 0.6) is 0 Å². The topological polar surface area (TPSA) is 158 Å². The van der Waals surface area contributed by atoms with Gasteiger partial charge in [-0.2, -0.15) is 0 Å². The van der Waals surface area contributed by atoms with Crippen LogP contribution in [-0.4, -0.2) is 66.6 Å². The monoisotopic (exact) mass is 465 g/mol. The first-order valence-electron chi connectivity index (χ1n) is 7.78. The zero-order valence-corrected chi connectivity index (χ0v) is 19.6. The van der Waals surface area contributed by atoms with E-state index in [0.29, 0.717) is 16.4 Å². The van der Waals surface area contributed by atoms with Crippen LogP contribution >= 0.6 is 34.9 Å². The first kappa shape index (κ1) is 23.8. The van der Waals surface area contributed by atoms with Crippen molar-refractivity contribution in [2.45, 2.75) is 11.4 Å². The Morgan fingerprint density at radius 3 is 2.86 bits per heavy atom. The number of nitrogens with two attached hydrogens (primary N) is 1. The molecular formula is C15H16N5NaO5S3. The summed E-state index contributed by atoms with van der Waals surface area (Å²) in [5.74, 6) is -1.64. The fourth-order valence-electron chi connectivity index (χ4n) is 2.68. The number of nitrogen functional groups attached to an aromatic ring is 1. The van der Waals surface area contributed by atoms with E-state index in [9.17, 15) is 19.5 Å². The minimum absolute atomic E-state index is 0. The summed E-state index contributed by atoms with van der Waals surface area (Å²) in [6, 6.07) is -0.939. The van der Waals surface area contributed by atoms with Crippen LogP contribution in [0.15, 0.2) is 33.8 Å². The second-order valence-corrected chi connectivity index (χ2v) is 8.67. The molecule has 1 saturated heterocycles. The average Bonchev–Trinajstić information content (AvgIpc) is 3.09. The van der Waals surface area contributed by atoms with E-state index >= 15 is 0 Å². The summed E-state index contributed by atoms with van der Waals surface area (Å²) in [5.41, 5.74) is 5.14. The summed E-state index contributed by atoms with van der Waals surface area (Å²) in [6.07, 6.45) is 1.65. The number of nitrogens with one attached hydrogen (secondary N) is 1. The number of hydrogen-bond donors (Lipinski definition) is 4. The molecule has 2 aliphatic heterocycles. The summed E-state index contributed by atoms with van der Waals surface area (Å²) >= 11 is 3.72. The van der Waals surface area contributed by atoms with Gasteiger partial charge in [0.1, 0.15) is 22.8 Å². The molecule has 3 heterocycles. The molecule has 3 rings (SSSR count). The molecule has 10 nitrogen and oxygen atoms in total. The molecule has 0 spiro atoms. The Hall–Kier alpha value is -1.51. The summed E-state index contributed by atoms with van der Waals surface area (Å²) in [4.78, 5) is 42.3. The van der Waals surface area contributed by atoms with Crippen molar-refractivity contribution >= 4 is 63.5 Å². The predicted molar refractivity (Wildman–Crippen MR) is 108 cm³/mol. The van der Waals surface area contributed by atoms with Gasteiger partial charge in [-0.3, -0.25) is 14.5 Å². The van der Waals surface area contributed by atoms with Crippen LogP contribution in [0.2, 0.25) is 0 Å². The van der Waals surface area contributed by atoms with Crippen molar-refractivity contribution in [3.8, 4) is 0 Å². The van der Waals surface area contributed by atoms with Crippen molar-refractivity contribution in [3.05, 3.63) is 34.3 Å². The average molecular weight is 466 g/mol. The first-order chi connectivity index (χ1) is 13.4. The van der Waals surface area contributed by atoms with Gasteiger partial charge < -0.3 is 22.8 Å². The van der Waals surface area contributed by atoms with Gasteiger partial charge in [0, 0.05) is 21.8 Å². The number of thioether (sulfide) groups is 2. The maximum Gasteiger partial charge on any atom is 1.00 e. The van der Waals surface area contributed by atoms with Gasteiger partial charge >= 0.3 is 35.5 Å². The molecule has 1 fully saturated rings. The van der Waals surface area contributed by atoms with Crippen molar-refractivity contribution < 1.29 is 55.7 Å². The van der Waals surface area contributed by atoms with Gasteiger partial charge in [0.05, 0.1) is 0 Å². The van der Waals surface area contributed by atoms with Gasteiger partial charge in [0.2, 0.25) is 0 Å². The molecule has 150 valence electrons. The molecule has 2 atom stereocenters. The van der Waals surface area contributed by atoms with Crippen LogP contribution in [0, 0.1) is 0 Å². The number of carboxylic acids is 1. The van der Waals surface area contributed by atoms with E-state index in [0.717, 1.165) is 11.3 Å². The van der Waals surface area contributed by atoms with Gasteiger partial charge in [-0.15, -0.1) is 41.4 Å². The number of amides is 2. The third-order valence-corrected chi connectivity index (χ3v) is 7.10. The van der Waals surface area contributed by atoms with Crippen molar-refractivity contribution in [2.75, 3.05) is 17.2 Å². The molecular weight excluding hydrogens is 449 g/mol. The van der Waals surface area contributed by atoms with E-state index in [4.69, 9.17) is 10.9 Å². The molecule has 29 heavy (non-hydrogen) atoms. The smallest absolute Gasteiger partial charge is 1.00 e. The third kappa shape index (κ3) is 4.64. The number of carbonyl (C=O) groups is 3. The number of rotatable bonds is 7. The third-order valence-electron chi connectivity index (χ3n) is 3.88. The van der Waals surface area contributed by atoms with Crippen LogP contribution in [0.3, 0.4) is 0 Å². The van der Waals surface area contributed by atoms with Gasteiger partial charge in [-0.25, -0.2) is 9.78 Å². The van der Waals surface area contributed by atoms with E-state index in [1.54, 1.807) is 6.08 Å². The number of fused-ring (bicyclic) bond motifs is 1. The number of aromatic nitrogens is 1. The number of anilines is 1. The van der Waals surface area contributed by atoms with E-state index in [1.807, 2.05) is 0 Å². The Labute approximate surface area is 201 Å². The number of oxime groups is 1. The molecule has 0 radical (unpaired) electrons. The van der Waals surface area contributed by atoms with Crippen LogP contribution in [0.4, 0.5) is 5.13 Å². The Morgan fingerprint density at radius 2 is 2.31 bits per heavy atom. The zero-order chi connectivity index (χ0) is 20.4. The van der Waals surface area contributed by atoms with E-state index in [2.05, 4.69) is 22.0 Å². The standard InChI is InChI=1S/C15H15N5O5S3.Na.H/c1-2-3-26-7-5-27-13-9(12(22)20(13)10(7)14(23)24)18-11(21)8(19-25)6-4-28-15(16)17-6;;/h2,4,9,13,25H,1,3,5H2,(H2,16,17)(H,18,21)(H,23,24);;/q;+1;-1/b19-8-;;/t9-,13-;;/m1../s1. The van der Waals surface area contributed by atoms with Crippen molar-refractivity contribution in [2.24, 2.45) is 5.16 Å². The second-order valence-electron chi connectivity index (χ2n) is 5.56. The number of nitrogens with zero attached hydrogens (tertiary/aromatic N) is 3. The number of hydrogen-bond acceptors (Lipinski definition) is 10. The van der Waals surface area contributed by atoms with Crippen LogP contribution in [-0.2, 0) is 14.4 Å². The van der Waals surface area contributed by atoms with Gasteiger partial charge in [0.15, 0.2) is 10.8 Å². The van der Waals surface area contributed by atoms with Crippen LogP contribution < -0.4 is 40.6 Å². The molecule has 1 aromatic rings. The number of carboxylic acid groups (broad SMARTS) is 1. The molecule has 0 unspecified atom stereocenters. The van der Waals surface area contributed by atoms with Gasteiger partial charge in [0.25, 0.3) is 11.8 Å². The van der Waals surface area contributed by atoms with E-state index < -0.39 is 29.2 Å². The SMILES string of the molecule is C=CCSC1=C(C(=O)O)N2C(=O)[C@@H](NC(=O)/C(=N\O)c3csc(N)n3)[C@H]2SC1.[H-].[Na+]. The summed E-state index contributed by atoms with van der Waals surface area (Å²) in [7, 11) is 0. The summed E-state index contributed by atoms with van der Waals surface area (Å²) in [6.45, 7) is 3.60. The zero-order valence-electron chi connectivity index (χ0n) is 16.2. The number of carbonyl (C=O) groups excluding carboxylic acids is 2. The number of aliphatic carboxylic acids is 1. The van der Waals surface area contributed by atoms with Gasteiger partial charge in [-0.1, -0.05) is 11.2 Å². The number of thiazole rings is 1. The summed E-state index contributed by atoms with van der Waals surface area (Å²) < 4.78 is 0. The summed E-state index contributed by atoms with van der Waals surface area (Å²) in [5, 5.41) is 25.2. The quantitative estimate of drug-likeness (QED) is 0.0863. The molecule has 1 aromatic heterocycles. The molecule has 0 aromatic carbocycles. The van der Waals surface area contributed by atoms with E-state index in [-0.39, 0.29) is 53.2 Å². The maximum atomic E-state index is 12.6. The molecule has 0 bridgehead atoms. The Balaban J connectivity index is 0.00000225. The molecule has 2 amide bonds. The Bertz CT molecular complexity index is 924. The molecule has 0 saturated carbocycles. The number of β-lactam (4-membered cyclic amide) rings is 1. The first-order valence-corrected chi connectivity index (χ1v) is 10.7. The molecule has 2 aliphatic rings. The fraction of sp³-hybridized carbons (Fsp3) is 0.267. The largest absolute Gasteiger partial charge is 1.00 e. The van der Waals surface area contributed by atoms with E-state index in [1.165, 1.54) is 33.8 Å². The van der Waals surface area contributed by atoms with Crippen LogP contribution in [0.25, 0.3) is 0 Å². The molecule has 14 heteroatoms. The minimum atomic E-state index is -1.20. The molecule has 0 aliphatic carbocycles. The Morgan fingerprint density at radius 1 is 1.59 bits per heavy atom. The normalized spacial score (nSPS) is 21.0. The maximum absolute atomic E-state index is 12.6. The fourth-order valence-corrected chi connectivity index (χ4v) is 5.60. The van der Waals surface area contributed by atoms with Crippen molar-refractivity contribution in [1.29, 1.82) is 0 Å².